The van der Waals surface area contributed by atoms with Crippen molar-refractivity contribution in [3.63, 3.8) is 0 Å². The minimum atomic E-state index is -3.01. The van der Waals surface area contributed by atoms with Gasteiger partial charge in [0.1, 0.15) is 5.82 Å². The van der Waals surface area contributed by atoms with Crippen molar-refractivity contribution >= 4 is 17.7 Å². The number of amides is 1. The second kappa shape index (κ2) is 6.93. The van der Waals surface area contributed by atoms with Crippen LogP contribution in [0.4, 0.5) is 11.8 Å². The molecule has 0 bridgehead atoms. The van der Waals surface area contributed by atoms with Gasteiger partial charge in [0.2, 0.25) is 5.95 Å². The van der Waals surface area contributed by atoms with Gasteiger partial charge >= 0.3 is 0 Å². The summed E-state index contributed by atoms with van der Waals surface area (Å²) in [6.45, 7) is 3.71. The molecule has 0 aromatic carbocycles. The van der Waals surface area contributed by atoms with Crippen LogP contribution in [0, 0.1) is 11.8 Å². The molecular formula is C17H29N5O2. The number of carbonyl (C=O) groups is 1. The molecule has 1 aliphatic carbocycles. The highest BCUT2D eigenvalue weighted by atomic mass is 16.3. The number of primary amides is 1. The smallest absolute Gasteiger partial charge is 0.254 e. The van der Waals surface area contributed by atoms with Crippen molar-refractivity contribution in [2.24, 2.45) is 17.5 Å². The Morgan fingerprint density at radius 1 is 1.58 bits per heavy atom. The Morgan fingerprint density at radius 3 is 2.88 bits per heavy atom. The minimum absolute atomic E-state index is 0.114. The molecule has 1 aliphatic rings. The van der Waals surface area contributed by atoms with Crippen LogP contribution in [0.25, 0.3) is 0 Å². The van der Waals surface area contributed by atoms with Crippen LogP contribution < -0.4 is 16.4 Å². The highest BCUT2D eigenvalue weighted by Gasteiger charge is 2.34. The molecule has 1 aromatic heterocycles. The van der Waals surface area contributed by atoms with E-state index < -0.39 is 55.0 Å². The van der Waals surface area contributed by atoms with Crippen LogP contribution in [-0.4, -0.2) is 38.6 Å². The summed E-state index contributed by atoms with van der Waals surface area (Å²) < 4.78 is 56.2. The first-order valence-corrected chi connectivity index (χ1v) is 7.64. The Hall–Kier alpha value is -1.89. The summed E-state index contributed by atoms with van der Waals surface area (Å²) in [5.74, 6) is -5.16. The predicted molar refractivity (Wildman–Crippen MR) is 94.9 cm³/mol. The van der Waals surface area contributed by atoms with Crippen molar-refractivity contribution in [1.82, 2.24) is 9.97 Å². The van der Waals surface area contributed by atoms with Gasteiger partial charge in [-0.05, 0) is 39.5 Å². The van der Waals surface area contributed by atoms with E-state index in [0.29, 0.717) is 0 Å². The lowest BCUT2D eigenvalue weighted by atomic mass is 9.77. The fourth-order valence-electron chi connectivity index (χ4n) is 2.28. The molecule has 0 aliphatic heterocycles. The molecule has 1 heterocycles. The lowest BCUT2D eigenvalue weighted by Gasteiger charge is -2.38. The van der Waals surface area contributed by atoms with E-state index in [-0.39, 0.29) is 17.3 Å². The topological polar surface area (TPSA) is 113 Å². The first-order chi connectivity index (χ1) is 13.7. The molecule has 4 atom stereocenters. The lowest BCUT2D eigenvalue weighted by molar-refractivity contribution is 0.0267. The van der Waals surface area contributed by atoms with E-state index in [1.165, 1.54) is 6.20 Å². The summed E-state index contributed by atoms with van der Waals surface area (Å²) in [6.07, 6.45) is -4.86. The van der Waals surface area contributed by atoms with Crippen LogP contribution in [0.5, 0.6) is 0 Å². The van der Waals surface area contributed by atoms with Crippen LogP contribution in [0.3, 0.4) is 0 Å². The van der Waals surface area contributed by atoms with E-state index >= 15 is 0 Å². The molecule has 134 valence electrons. The highest BCUT2D eigenvalue weighted by Crippen LogP contribution is 2.31. The zero-order chi connectivity index (χ0) is 24.2. The van der Waals surface area contributed by atoms with Crippen molar-refractivity contribution in [2.75, 3.05) is 10.6 Å². The largest absolute Gasteiger partial charge is 0.392 e. The molecule has 0 spiro atoms. The SMILES string of the molecule is [2H]C([2H])([2H])[C@@H]1C([2H])([2H])C[C@@H](Nc2nc(NC(C)(C)C)ncc2C(N)=O)C([2H])(C)[C@@]1([2H])O. The summed E-state index contributed by atoms with van der Waals surface area (Å²) in [7, 11) is 0. The first-order valence-electron chi connectivity index (χ1n) is 11.1. The van der Waals surface area contributed by atoms with Gasteiger partial charge in [0.25, 0.3) is 5.91 Å². The summed E-state index contributed by atoms with van der Waals surface area (Å²) in [5, 5.41) is 16.5. The van der Waals surface area contributed by atoms with Gasteiger partial charge in [0.05, 0.1) is 13.0 Å². The number of hydrogen-bond acceptors (Lipinski definition) is 6. The van der Waals surface area contributed by atoms with E-state index in [9.17, 15) is 9.90 Å². The molecule has 1 saturated carbocycles. The van der Waals surface area contributed by atoms with Gasteiger partial charge in [-0.2, -0.15) is 4.98 Å². The van der Waals surface area contributed by atoms with Crippen molar-refractivity contribution in [1.29, 1.82) is 0 Å². The fourth-order valence-corrected chi connectivity index (χ4v) is 2.28. The van der Waals surface area contributed by atoms with Crippen LogP contribution in [0.15, 0.2) is 6.20 Å². The van der Waals surface area contributed by atoms with Gasteiger partial charge in [-0.1, -0.05) is 13.8 Å². The van der Waals surface area contributed by atoms with E-state index in [1.54, 1.807) is 0 Å². The van der Waals surface area contributed by atoms with E-state index in [1.807, 2.05) is 20.8 Å². The molecule has 1 amide bonds. The van der Waals surface area contributed by atoms with Gasteiger partial charge in [0, 0.05) is 31.9 Å². The third-order valence-electron chi connectivity index (χ3n) is 3.58. The molecule has 7 heteroatoms. The number of hydrogen-bond donors (Lipinski definition) is 4. The molecule has 1 fully saturated rings. The van der Waals surface area contributed by atoms with Crippen molar-refractivity contribution < 1.29 is 19.5 Å². The number of anilines is 2. The van der Waals surface area contributed by atoms with Crippen LogP contribution in [-0.2, 0) is 0 Å². The van der Waals surface area contributed by atoms with Gasteiger partial charge in [-0.25, -0.2) is 4.98 Å². The zero-order valence-corrected chi connectivity index (χ0v) is 14.3. The number of aromatic nitrogens is 2. The standard InChI is InChI=1S/C17H29N5O2/c1-9-6-7-12(10(2)13(9)23)20-15-11(14(18)24)8-19-16(21-15)22-17(3,4)5/h8-10,12-13,23H,6-7H2,1-5H3,(H2,18,24)(H2,19,20,21,22)/t9-,10?,12-,13+/m1/s1/i1D3,6D2,10D,13D. The minimum Gasteiger partial charge on any atom is -0.392 e. The quantitative estimate of drug-likeness (QED) is 0.665. The Kier molecular flexibility index (Phi) is 3.14. The molecule has 7 nitrogen and oxygen atoms in total. The number of aliphatic hydroxyl groups is 1. The Bertz CT molecular complexity index is 852. The van der Waals surface area contributed by atoms with Crippen molar-refractivity contribution in [3.05, 3.63) is 11.8 Å². The predicted octanol–water partition coefficient (Wildman–Crippen LogP) is 1.99. The number of rotatable bonds is 4. The highest BCUT2D eigenvalue weighted by molar-refractivity contribution is 5.97. The van der Waals surface area contributed by atoms with E-state index in [0.717, 1.165) is 6.92 Å². The average Bonchev–Trinajstić information content (AvgIpc) is 2.48. The van der Waals surface area contributed by atoms with Gasteiger partial charge in [-0.3, -0.25) is 4.79 Å². The van der Waals surface area contributed by atoms with Crippen molar-refractivity contribution in [2.45, 2.75) is 65.0 Å². The molecule has 0 radical (unpaired) electrons. The normalized spacial score (nSPS) is 40.6. The molecule has 1 aromatic rings. The van der Waals surface area contributed by atoms with Gasteiger partial charge < -0.3 is 21.5 Å². The number of nitrogens with zero attached hydrogens (tertiary/aromatic N) is 2. The average molecular weight is 342 g/mol. The Balaban J connectivity index is 2.53. The molecule has 1 unspecified atom stereocenters. The molecule has 0 saturated heterocycles. The van der Waals surface area contributed by atoms with Gasteiger partial charge in [0.15, 0.2) is 0 Å². The summed E-state index contributed by atoms with van der Waals surface area (Å²) in [5.41, 5.74) is 4.83. The second-order valence-corrected chi connectivity index (χ2v) is 6.80. The van der Waals surface area contributed by atoms with Crippen molar-refractivity contribution in [3.8, 4) is 0 Å². The first kappa shape index (κ1) is 10.9. The number of nitrogens with two attached hydrogens (primary N) is 1. The summed E-state index contributed by atoms with van der Waals surface area (Å²) in [4.78, 5) is 20.1. The summed E-state index contributed by atoms with van der Waals surface area (Å²) in [6, 6.07) is -1.28. The van der Waals surface area contributed by atoms with Crippen LogP contribution in [0.1, 0.15) is 67.3 Å². The third-order valence-corrected chi connectivity index (χ3v) is 3.58. The van der Waals surface area contributed by atoms with E-state index in [4.69, 9.17) is 15.3 Å². The maximum Gasteiger partial charge on any atom is 0.254 e. The zero-order valence-electron chi connectivity index (χ0n) is 21.3. The second-order valence-electron chi connectivity index (χ2n) is 6.80. The van der Waals surface area contributed by atoms with Crippen LogP contribution in [0.2, 0.25) is 0 Å². The molecule has 5 N–H and O–H groups in total. The number of carbonyl (C=O) groups excluding carboxylic acids is 1. The third kappa shape index (κ3) is 4.35. The Morgan fingerprint density at radius 2 is 2.29 bits per heavy atom. The maximum atomic E-state index is 11.9. The fraction of sp³-hybridized carbons (Fsp3) is 0.706. The Labute approximate surface area is 153 Å². The molecule has 24 heavy (non-hydrogen) atoms. The lowest BCUT2D eigenvalue weighted by Crippen LogP contribution is -2.43. The maximum absolute atomic E-state index is 11.9. The van der Waals surface area contributed by atoms with Crippen LogP contribution >= 0.6 is 0 Å². The molecule has 2 rings (SSSR count). The summed E-state index contributed by atoms with van der Waals surface area (Å²) >= 11 is 0. The molecular weight excluding hydrogens is 306 g/mol. The monoisotopic (exact) mass is 342 g/mol. The van der Waals surface area contributed by atoms with Gasteiger partial charge in [-0.15, -0.1) is 0 Å². The number of nitrogens with one attached hydrogen (secondary N) is 2. The van der Waals surface area contributed by atoms with E-state index in [2.05, 4.69) is 20.6 Å².